The third kappa shape index (κ3) is 3.47. The van der Waals surface area contributed by atoms with Crippen LogP contribution in [0.15, 0.2) is 18.2 Å². The summed E-state index contributed by atoms with van der Waals surface area (Å²) in [5.41, 5.74) is 2.11. The number of piperidine rings is 1. The van der Waals surface area contributed by atoms with Crippen LogP contribution in [0.1, 0.15) is 43.7 Å². The molecule has 0 aliphatic carbocycles. The SMILES string of the molecule is CCN1CCC2(CC1)CN(C(=O)C1CCCN1)Cc1cc(C)ccc1O2. The van der Waals surface area contributed by atoms with Gasteiger partial charge >= 0.3 is 0 Å². The first-order valence-corrected chi connectivity index (χ1v) is 10.1. The Morgan fingerprint density at radius 2 is 2.15 bits per heavy atom. The standard InChI is InChI=1S/C21H31N3O2/c1-3-23-11-8-21(9-12-23)15-24(20(25)18-5-4-10-22-18)14-17-13-16(2)6-7-19(17)26-21/h6-7,13,18,22H,3-5,8-12,14-15H2,1-2H3. The fourth-order valence-corrected chi connectivity index (χ4v) is 4.61. The van der Waals surface area contributed by atoms with Gasteiger partial charge in [0.1, 0.15) is 11.4 Å². The lowest BCUT2D eigenvalue weighted by atomic mass is 9.90. The number of amides is 1. The molecule has 3 aliphatic heterocycles. The molecule has 1 aromatic rings. The van der Waals surface area contributed by atoms with E-state index in [0.29, 0.717) is 13.1 Å². The second kappa shape index (κ2) is 7.20. The van der Waals surface area contributed by atoms with Crippen molar-refractivity contribution < 1.29 is 9.53 Å². The minimum atomic E-state index is -0.250. The number of rotatable bonds is 2. The van der Waals surface area contributed by atoms with Crippen LogP contribution in [0, 0.1) is 6.92 Å². The van der Waals surface area contributed by atoms with E-state index in [2.05, 4.69) is 47.2 Å². The van der Waals surface area contributed by atoms with Gasteiger partial charge in [-0.3, -0.25) is 4.79 Å². The highest BCUT2D eigenvalue weighted by molar-refractivity contribution is 5.82. The molecule has 1 atom stereocenters. The first-order valence-electron chi connectivity index (χ1n) is 10.1. The van der Waals surface area contributed by atoms with Crippen LogP contribution in [0.4, 0.5) is 0 Å². The lowest BCUT2D eigenvalue weighted by molar-refractivity contribution is -0.137. The summed E-state index contributed by atoms with van der Waals surface area (Å²) in [7, 11) is 0. The summed E-state index contributed by atoms with van der Waals surface area (Å²) < 4.78 is 6.64. The zero-order chi connectivity index (χ0) is 18.1. The van der Waals surface area contributed by atoms with Crippen molar-refractivity contribution in [3.05, 3.63) is 29.3 Å². The van der Waals surface area contributed by atoms with Crippen LogP contribution in [-0.4, -0.2) is 60.1 Å². The van der Waals surface area contributed by atoms with Gasteiger partial charge in [0.25, 0.3) is 0 Å². The first-order chi connectivity index (χ1) is 12.6. The van der Waals surface area contributed by atoms with Gasteiger partial charge in [-0.1, -0.05) is 24.6 Å². The van der Waals surface area contributed by atoms with Gasteiger partial charge in [0.2, 0.25) is 5.91 Å². The second-order valence-corrected chi connectivity index (χ2v) is 8.17. The molecule has 0 radical (unpaired) electrons. The zero-order valence-corrected chi connectivity index (χ0v) is 16.1. The van der Waals surface area contributed by atoms with Gasteiger partial charge in [0.15, 0.2) is 0 Å². The molecule has 4 rings (SSSR count). The molecule has 26 heavy (non-hydrogen) atoms. The first kappa shape index (κ1) is 17.8. The average Bonchev–Trinajstić information content (AvgIpc) is 3.13. The monoisotopic (exact) mass is 357 g/mol. The zero-order valence-electron chi connectivity index (χ0n) is 16.1. The molecule has 3 heterocycles. The summed E-state index contributed by atoms with van der Waals surface area (Å²) in [5, 5.41) is 3.38. The summed E-state index contributed by atoms with van der Waals surface area (Å²) in [6.07, 6.45) is 4.01. The molecule has 0 aromatic heterocycles. The minimum Gasteiger partial charge on any atom is -0.485 e. The van der Waals surface area contributed by atoms with Gasteiger partial charge in [-0.2, -0.15) is 0 Å². The molecule has 1 amide bonds. The minimum absolute atomic E-state index is 0.0193. The molecule has 0 bridgehead atoms. The van der Waals surface area contributed by atoms with Gasteiger partial charge in [0.05, 0.1) is 12.6 Å². The Morgan fingerprint density at radius 1 is 1.35 bits per heavy atom. The summed E-state index contributed by atoms with van der Waals surface area (Å²) in [4.78, 5) is 17.7. The van der Waals surface area contributed by atoms with Crippen molar-refractivity contribution >= 4 is 5.91 Å². The van der Waals surface area contributed by atoms with Crippen molar-refractivity contribution in [1.82, 2.24) is 15.1 Å². The normalized spacial score (nSPS) is 25.6. The third-order valence-electron chi connectivity index (χ3n) is 6.27. The van der Waals surface area contributed by atoms with E-state index in [1.54, 1.807) is 0 Å². The molecule has 1 unspecified atom stereocenters. The third-order valence-corrected chi connectivity index (χ3v) is 6.27. The van der Waals surface area contributed by atoms with Crippen LogP contribution in [-0.2, 0) is 11.3 Å². The molecular formula is C21H31N3O2. The summed E-state index contributed by atoms with van der Waals surface area (Å²) in [5.74, 6) is 1.22. The van der Waals surface area contributed by atoms with Crippen LogP contribution in [0.25, 0.3) is 0 Å². The molecule has 2 saturated heterocycles. The molecule has 1 N–H and O–H groups in total. The van der Waals surface area contributed by atoms with Crippen molar-refractivity contribution in [2.45, 2.75) is 57.7 Å². The second-order valence-electron chi connectivity index (χ2n) is 8.17. The number of ether oxygens (including phenoxy) is 1. The Balaban J connectivity index is 1.63. The van der Waals surface area contributed by atoms with Gasteiger partial charge in [-0.25, -0.2) is 0 Å². The van der Waals surface area contributed by atoms with E-state index in [0.717, 1.165) is 63.2 Å². The van der Waals surface area contributed by atoms with E-state index in [4.69, 9.17) is 4.74 Å². The van der Waals surface area contributed by atoms with Crippen LogP contribution in [0.2, 0.25) is 0 Å². The maximum atomic E-state index is 13.2. The van der Waals surface area contributed by atoms with E-state index >= 15 is 0 Å². The quantitative estimate of drug-likeness (QED) is 0.882. The number of aryl methyl sites for hydroxylation is 1. The van der Waals surface area contributed by atoms with Crippen LogP contribution < -0.4 is 10.1 Å². The molecule has 142 valence electrons. The van der Waals surface area contributed by atoms with Crippen molar-refractivity contribution in [3.8, 4) is 5.75 Å². The Morgan fingerprint density at radius 3 is 2.85 bits per heavy atom. The molecule has 1 spiro atoms. The van der Waals surface area contributed by atoms with Crippen molar-refractivity contribution in [1.29, 1.82) is 0 Å². The van der Waals surface area contributed by atoms with Crippen LogP contribution >= 0.6 is 0 Å². The number of hydrogen-bond donors (Lipinski definition) is 1. The van der Waals surface area contributed by atoms with Gasteiger partial charge in [0, 0.05) is 38.0 Å². The Hall–Kier alpha value is -1.59. The fourth-order valence-electron chi connectivity index (χ4n) is 4.61. The predicted molar refractivity (Wildman–Crippen MR) is 102 cm³/mol. The fraction of sp³-hybridized carbons (Fsp3) is 0.667. The van der Waals surface area contributed by atoms with Gasteiger partial charge in [-0.15, -0.1) is 0 Å². The lowest BCUT2D eigenvalue weighted by Gasteiger charge is -2.42. The Labute approximate surface area is 156 Å². The maximum Gasteiger partial charge on any atom is 0.240 e. The highest BCUT2D eigenvalue weighted by Crippen LogP contribution is 2.36. The van der Waals surface area contributed by atoms with Crippen molar-refractivity contribution in [2.75, 3.05) is 32.7 Å². The van der Waals surface area contributed by atoms with Crippen LogP contribution in [0.3, 0.4) is 0 Å². The van der Waals surface area contributed by atoms with Crippen molar-refractivity contribution in [2.24, 2.45) is 0 Å². The molecule has 1 aromatic carbocycles. The topological polar surface area (TPSA) is 44.8 Å². The molecule has 3 aliphatic rings. The summed E-state index contributed by atoms with van der Waals surface area (Å²) >= 11 is 0. The average molecular weight is 357 g/mol. The number of carbonyl (C=O) groups is 1. The summed E-state index contributed by atoms with van der Waals surface area (Å²) in [6.45, 7) is 9.80. The number of nitrogens with one attached hydrogen (secondary N) is 1. The predicted octanol–water partition coefficient (Wildman–Crippen LogP) is 2.32. The smallest absolute Gasteiger partial charge is 0.240 e. The highest BCUT2D eigenvalue weighted by atomic mass is 16.5. The van der Waals surface area contributed by atoms with Crippen molar-refractivity contribution in [3.63, 3.8) is 0 Å². The van der Waals surface area contributed by atoms with Crippen LogP contribution in [0.5, 0.6) is 5.75 Å². The number of likely N-dealkylation sites (tertiary alicyclic amines) is 1. The number of nitrogens with zero attached hydrogens (tertiary/aromatic N) is 2. The molecule has 5 heteroatoms. The number of carbonyl (C=O) groups excluding carboxylic acids is 1. The van der Waals surface area contributed by atoms with Gasteiger partial charge < -0.3 is 19.9 Å². The van der Waals surface area contributed by atoms with E-state index in [9.17, 15) is 4.79 Å². The number of hydrogen-bond acceptors (Lipinski definition) is 4. The largest absolute Gasteiger partial charge is 0.485 e. The Kier molecular flexibility index (Phi) is 4.93. The molecular weight excluding hydrogens is 326 g/mol. The molecule has 2 fully saturated rings. The highest BCUT2D eigenvalue weighted by Gasteiger charge is 2.42. The summed E-state index contributed by atoms with van der Waals surface area (Å²) in [6, 6.07) is 6.37. The van der Waals surface area contributed by atoms with E-state index in [-0.39, 0.29) is 17.6 Å². The molecule has 0 saturated carbocycles. The van der Waals surface area contributed by atoms with E-state index < -0.39 is 0 Å². The lowest BCUT2D eigenvalue weighted by Crippen LogP contribution is -2.55. The van der Waals surface area contributed by atoms with E-state index in [1.807, 2.05) is 0 Å². The number of fused-ring (bicyclic) bond motifs is 1. The molecule has 5 nitrogen and oxygen atoms in total. The van der Waals surface area contributed by atoms with Gasteiger partial charge in [-0.05, 0) is 38.9 Å². The van der Waals surface area contributed by atoms with E-state index in [1.165, 1.54) is 5.56 Å². The number of benzene rings is 1. The Bertz CT molecular complexity index is 661. The maximum absolute atomic E-state index is 13.2.